The van der Waals surface area contributed by atoms with Crippen LogP contribution in [-0.2, 0) is 0 Å². The summed E-state index contributed by atoms with van der Waals surface area (Å²) in [6, 6.07) is 0.226. The molecule has 9 heteroatoms. The molecule has 0 spiro atoms. The van der Waals surface area contributed by atoms with Crippen molar-refractivity contribution in [1.29, 1.82) is 0 Å². The molecule has 1 aromatic heterocycles. The highest BCUT2D eigenvalue weighted by Crippen LogP contribution is 2.32. The van der Waals surface area contributed by atoms with Crippen molar-refractivity contribution in [3.8, 4) is 5.75 Å². The fourth-order valence-corrected chi connectivity index (χ4v) is 1.24. The maximum atomic E-state index is 12.8. The third kappa shape index (κ3) is 3.39. The van der Waals surface area contributed by atoms with Gasteiger partial charge in [-0.1, -0.05) is 0 Å². The lowest BCUT2D eigenvalue weighted by Gasteiger charge is -2.12. The summed E-state index contributed by atoms with van der Waals surface area (Å²) in [4.78, 5) is 2.99. The Labute approximate surface area is 98.7 Å². The van der Waals surface area contributed by atoms with E-state index in [4.69, 9.17) is 0 Å². The number of halogens is 7. The standard InChI is InChI=1S/C7H2F6INO/c8-2-1-3(16-7(11,12)13)4(5(9)10)15-6(2)14/h1,5H. The summed E-state index contributed by atoms with van der Waals surface area (Å²) in [7, 11) is 0. The van der Waals surface area contributed by atoms with Crippen LogP contribution >= 0.6 is 22.6 Å². The van der Waals surface area contributed by atoms with E-state index in [0.29, 0.717) is 0 Å². The van der Waals surface area contributed by atoms with E-state index in [-0.39, 0.29) is 6.07 Å². The van der Waals surface area contributed by atoms with Crippen molar-refractivity contribution in [2.45, 2.75) is 12.8 Å². The molecule has 90 valence electrons. The van der Waals surface area contributed by atoms with Gasteiger partial charge in [-0.3, -0.25) is 0 Å². The van der Waals surface area contributed by atoms with E-state index in [1.165, 1.54) is 22.6 Å². The second-order valence-corrected chi connectivity index (χ2v) is 3.51. The van der Waals surface area contributed by atoms with Gasteiger partial charge in [-0.2, -0.15) is 0 Å². The van der Waals surface area contributed by atoms with Crippen LogP contribution in [0.25, 0.3) is 0 Å². The van der Waals surface area contributed by atoms with Gasteiger partial charge in [0.1, 0.15) is 9.39 Å². The van der Waals surface area contributed by atoms with Crippen molar-refractivity contribution in [2.24, 2.45) is 0 Å². The molecule has 16 heavy (non-hydrogen) atoms. The van der Waals surface area contributed by atoms with E-state index in [1.807, 2.05) is 0 Å². The van der Waals surface area contributed by atoms with Crippen LogP contribution in [0.15, 0.2) is 6.07 Å². The first kappa shape index (κ1) is 13.3. The highest BCUT2D eigenvalue weighted by atomic mass is 127. The van der Waals surface area contributed by atoms with Crippen molar-refractivity contribution < 1.29 is 31.1 Å². The van der Waals surface area contributed by atoms with Crippen LogP contribution in [0.1, 0.15) is 12.1 Å². The summed E-state index contributed by atoms with van der Waals surface area (Å²) >= 11 is 1.28. The predicted molar refractivity (Wildman–Crippen MR) is 48.6 cm³/mol. The van der Waals surface area contributed by atoms with Crippen molar-refractivity contribution in [2.75, 3.05) is 0 Å². The number of hydrogen-bond acceptors (Lipinski definition) is 2. The van der Waals surface area contributed by atoms with Crippen LogP contribution in [0.4, 0.5) is 26.3 Å². The molecular weight excluding hydrogens is 355 g/mol. The molecule has 0 aliphatic rings. The monoisotopic (exact) mass is 357 g/mol. The van der Waals surface area contributed by atoms with Gasteiger partial charge in [0.2, 0.25) is 0 Å². The second kappa shape index (κ2) is 4.63. The first-order valence-corrected chi connectivity index (χ1v) is 4.68. The first-order chi connectivity index (χ1) is 7.20. The number of nitrogens with zero attached hydrogens (tertiary/aromatic N) is 1. The molecule has 1 heterocycles. The van der Waals surface area contributed by atoms with Crippen LogP contribution < -0.4 is 4.74 Å². The Kier molecular flexibility index (Phi) is 3.86. The van der Waals surface area contributed by atoms with E-state index in [1.54, 1.807) is 0 Å². The highest BCUT2D eigenvalue weighted by molar-refractivity contribution is 14.1. The molecule has 0 bridgehead atoms. The number of rotatable bonds is 2. The largest absolute Gasteiger partial charge is 0.573 e. The Morgan fingerprint density at radius 2 is 1.88 bits per heavy atom. The summed E-state index contributed by atoms with van der Waals surface area (Å²) in [5.41, 5.74) is -1.25. The van der Waals surface area contributed by atoms with Crippen molar-refractivity contribution in [3.63, 3.8) is 0 Å². The average molecular weight is 357 g/mol. The Balaban J connectivity index is 3.20. The van der Waals surface area contributed by atoms with E-state index in [9.17, 15) is 26.3 Å². The Hall–Kier alpha value is -0.740. The smallest absolute Gasteiger partial charge is 0.403 e. The zero-order valence-electron chi connectivity index (χ0n) is 7.16. The quantitative estimate of drug-likeness (QED) is 0.458. The topological polar surface area (TPSA) is 22.1 Å². The van der Waals surface area contributed by atoms with Crippen LogP contribution in [-0.4, -0.2) is 11.3 Å². The fourth-order valence-electron chi connectivity index (χ4n) is 0.826. The number of hydrogen-bond donors (Lipinski definition) is 0. The zero-order chi connectivity index (χ0) is 12.5. The van der Waals surface area contributed by atoms with E-state index >= 15 is 0 Å². The molecule has 0 saturated carbocycles. The van der Waals surface area contributed by atoms with Crippen LogP contribution in [0.2, 0.25) is 0 Å². The number of alkyl halides is 5. The molecule has 0 unspecified atom stereocenters. The van der Waals surface area contributed by atoms with E-state index in [0.717, 1.165) is 0 Å². The maximum absolute atomic E-state index is 12.8. The Morgan fingerprint density at radius 3 is 2.31 bits per heavy atom. The van der Waals surface area contributed by atoms with E-state index < -0.39 is 33.7 Å². The van der Waals surface area contributed by atoms with E-state index in [2.05, 4.69) is 9.72 Å². The van der Waals surface area contributed by atoms with Gasteiger partial charge < -0.3 is 4.74 Å². The van der Waals surface area contributed by atoms with Crippen molar-refractivity contribution in [3.05, 3.63) is 21.3 Å². The third-order valence-corrected chi connectivity index (χ3v) is 2.11. The van der Waals surface area contributed by atoms with Gasteiger partial charge in [0.05, 0.1) is 0 Å². The number of pyridine rings is 1. The molecule has 0 aromatic carbocycles. The van der Waals surface area contributed by atoms with Gasteiger partial charge in [-0.05, 0) is 22.6 Å². The van der Waals surface area contributed by atoms with Gasteiger partial charge in [0.15, 0.2) is 11.6 Å². The Bertz CT molecular complexity index is 393. The fraction of sp³-hybridized carbons (Fsp3) is 0.286. The van der Waals surface area contributed by atoms with Gasteiger partial charge >= 0.3 is 6.36 Å². The molecule has 0 aliphatic heterocycles. The lowest BCUT2D eigenvalue weighted by Crippen LogP contribution is -2.19. The molecular formula is C7H2F6INO. The van der Waals surface area contributed by atoms with Crippen LogP contribution in [0, 0.1) is 9.52 Å². The van der Waals surface area contributed by atoms with Gasteiger partial charge in [-0.15, -0.1) is 13.2 Å². The van der Waals surface area contributed by atoms with Gasteiger partial charge in [-0.25, -0.2) is 18.2 Å². The lowest BCUT2D eigenvalue weighted by atomic mass is 10.3. The van der Waals surface area contributed by atoms with Gasteiger partial charge in [0, 0.05) is 6.07 Å². The number of ether oxygens (including phenoxy) is 1. The summed E-state index contributed by atoms with van der Waals surface area (Å²) in [5, 5.41) is 0. The van der Waals surface area contributed by atoms with Crippen molar-refractivity contribution in [1.82, 2.24) is 4.98 Å². The molecule has 0 radical (unpaired) electrons. The predicted octanol–water partition coefficient (Wildman–Crippen LogP) is 3.66. The Morgan fingerprint density at radius 1 is 1.31 bits per heavy atom. The minimum Gasteiger partial charge on any atom is -0.403 e. The molecule has 0 amide bonds. The minimum atomic E-state index is -5.18. The first-order valence-electron chi connectivity index (χ1n) is 3.60. The molecule has 1 aromatic rings. The molecule has 0 aliphatic carbocycles. The summed E-state index contributed by atoms with van der Waals surface area (Å²) in [5.74, 6) is -2.50. The molecule has 0 atom stereocenters. The summed E-state index contributed by atoms with van der Waals surface area (Å²) < 4.78 is 75.6. The normalized spacial score (nSPS) is 12.0. The third-order valence-electron chi connectivity index (χ3n) is 1.36. The SMILES string of the molecule is Fc1cc(OC(F)(F)F)c(C(F)F)nc1I. The molecule has 0 saturated heterocycles. The highest BCUT2D eigenvalue weighted by Gasteiger charge is 2.34. The van der Waals surface area contributed by atoms with Crippen molar-refractivity contribution >= 4 is 22.6 Å². The number of aromatic nitrogens is 1. The van der Waals surface area contributed by atoms with Crippen LogP contribution in [0.5, 0.6) is 5.75 Å². The molecule has 2 nitrogen and oxygen atoms in total. The molecule has 0 N–H and O–H groups in total. The molecule has 1 rings (SSSR count). The maximum Gasteiger partial charge on any atom is 0.573 e. The summed E-state index contributed by atoms with van der Waals surface area (Å²) in [6.07, 6.45) is -8.46. The lowest BCUT2D eigenvalue weighted by molar-refractivity contribution is -0.275. The zero-order valence-corrected chi connectivity index (χ0v) is 9.31. The minimum absolute atomic E-state index is 0.226. The molecule has 0 fully saturated rings. The van der Waals surface area contributed by atoms with Crippen LogP contribution in [0.3, 0.4) is 0 Å². The second-order valence-electron chi connectivity index (χ2n) is 2.49. The summed E-state index contributed by atoms with van der Waals surface area (Å²) in [6.45, 7) is 0. The van der Waals surface area contributed by atoms with Gasteiger partial charge in [0.25, 0.3) is 6.43 Å². The average Bonchev–Trinajstić information content (AvgIpc) is 2.07.